The maximum Gasteiger partial charge on any atom is 0.327 e. The minimum atomic E-state index is -0.492. The van der Waals surface area contributed by atoms with Crippen molar-refractivity contribution < 1.29 is 9.59 Å². The van der Waals surface area contributed by atoms with Crippen molar-refractivity contribution in [3.63, 3.8) is 0 Å². The lowest BCUT2D eigenvalue weighted by Gasteiger charge is -2.41. The van der Waals surface area contributed by atoms with Crippen LogP contribution < -0.4 is 5.32 Å². The Bertz CT molecular complexity index is 1060. The maximum atomic E-state index is 13.1. The number of hydrogen-bond acceptors (Lipinski definition) is 6. The second kappa shape index (κ2) is 7.64. The van der Waals surface area contributed by atoms with E-state index in [9.17, 15) is 9.59 Å². The summed E-state index contributed by atoms with van der Waals surface area (Å²) in [5.74, 6) is -0.208. The average molecular weight is 439 g/mol. The number of fused-ring (bicyclic) bond motifs is 3. The third-order valence-electron chi connectivity index (χ3n) is 6.08. The van der Waals surface area contributed by atoms with Gasteiger partial charge in [0.2, 0.25) is 0 Å². The number of carbonyl (C=O) groups is 2. The van der Waals surface area contributed by atoms with E-state index in [1.807, 2.05) is 59.6 Å². The largest absolute Gasteiger partial charge is 0.327 e. The van der Waals surface area contributed by atoms with E-state index in [1.165, 1.54) is 11.9 Å². The average Bonchev–Trinajstić information content (AvgIpc) is 3.17. The summed E-state index contributed by atoms with van der Waals surface area (Å²) in [6.45, 7) is 1.00. The van der Waals surface area contributed by atoms with Gasteiger partial charge in [0, 0.05) is 25.7 Å². The van der Waals surface area contributed by atoms with Crippen LogP contribution in [0.15, 0.2) is 59.7 Å². The molecule has 3 atom stereocenters. The van der Waals surface area contributed by atoms with Crippen LogP contribution in [0.25, 0.3) is 0 Å². The Morgan fingerprint density at radius 1 is 1.10 bits per heavy atom. The molecule has 2 saturated heterocycles. The quantitative estimate of drug-likeness (QED) is 0.793. The van der Waals surface area contributed by atoms with Gasteiger partial charge in [-0.3, -0.25) is 20.0 Å². The third kappa shape index (κ3) is 3.37. The first-order valence-electron chi connectivity index (χ1n) is 10.1. The number of urea groups is 1. The first-order chi connectivity index (χ1) is 14.9. The lowest BCUT2D eigenvalue weighted by molar-refractivity contribution is -0.137. The van der Waals surface area contributed by atoms with Gasteiger partial charge in [0.15, 0.2) is 6.29 Å². The molecule has 0 saturated carbocycles. The van der Waals surface area contributed by atoms with Gasteiger partial charge in [-0.1, -0.05) is 54.1 Å². The molecule has 0 aromatic heterocycles. The van der Waals surface area contributed by atoms with Crippen molar-refractivity contribution >= 4 is 29.3 Å². The normalized spacial score (nSPS) is 26.1. The van der Waals surface area contributed by atoms with Crippen LogP contribution >= 0.6 is 11.6 Å². The topological polar surface area (TPSA) is 71.5 Å². The number of imide groups is 1. The van der Waals surface area contributed by atoms with E-state index >= 15 is 0 Å². The predicted molar refractivity (Wildman–Crippen MR) is 117 cm³/mol. The number of halogens is 1. The van der Waals surface area contributed by atoms with Gasteiger partial charge in [0.05, 0.1) is 12.3 Å². The monoisotopic (exact) mass is 438 g/mol. The minimum absolute atomic E-state index is 0.208. The van der Waals surface area contributed by atoms with Gasteiger partial charge in [-0.15, -0.1) is 0 Å². The van der Waals surface area contributed by atoms with Gasteiger partial charge in [0.1, 0.15) is 12.2 Å². The molecule has 3 unspecified atom stereocenters. The van der Waals surface area contributed by atoms with Crippen LogP contribution in [0.3, 0.4) is 0 Å². The van der Waals surface area contributed by atoms with Crippen LogP contribution in [-0.4, -0.2) is 76.5 Å². The van der Waals surface area contributed by atoms with Crippen molar-refractivity contribution in [3.05, 3.63) is 70.7 Å². The van der Waals surface area contributed by atoms with Crippen molar-refractivity contribution in [1.82, 2.24) is 25.0 Å². The van der Waals surface area contributed by atoms with Gasteiger partial charge < -0.3 is 4.90 Å². The summed E-state index contributed by atoms with van der Waals surface area (Å²) < 4.78 is 0. The lowest BCUT2D eigenvalue weighted by atomic mass is 10.1. The van der Waals surface area contributed by atoms with Gasteiger partial charge >= 0.3 is 6.03 Å². The number of amides is 3. The highest BCUT2D eigenvalue weighted by molar-refractivity contribution is 6.30. The Morgan fingerprint density at radius 2 is 1.87 bits per heavy atom. The van der Waals surface area contributed by atoms with E-state index in [-0.39, 0.29) is 18.2 Å². The first-order valence-corrected chi connectivity index (χ1v) is 10.5. The molecule has 31 heavy (non-hydrogen) atoms. The van der Waals surface area contributed by atoms with E-state index in [2.05, 4.69) is 10.2 Å². The van der Waals surface area contributed by atoms with E-state index in [0.717, 1.165) is 16.8 Å². The first kappa shape index (κ1) is 20.0. The van der Waals surface area contributed by atoms with Crippen molar-refractivity contribution in [1.29, 1.82) is 0 Å². The summed E-state index contributed by atoms with van der Waals surface area (Å²) in [5.41, 5.74) is 2.88. The van der Waals surface area contributed by atoms with Crippen molar-refractivity contribution in [3.8, 4) is 0 Å². The number of likely N-dealkylation sites (N-methyl/N-ethyl adjacent to an activating group) is 2. The fourth-order valence-corrected chi connectivity index (χ4v) is 4.71. The Labute approximate surface area is 185 Å². The van der Waals surface area contributed by atoms with Crippen LogP contribution in [0, 0.1) is 0 Å². The molecule has 2 fully saturated rings. The van der Waals surface area contributed by atoms with Crippen molar-refractivity contribution in [2.24, 2.45) is 5.10 Å². The van der Waals surface area contributed by atoms with Crippen LogP contribution in [0.4, 0.5) is 4.79 Å². The van der Waals surface area contributed by atoms with Crippen LogP contribution in [-0.2, 0) is 11.3 Å². The molecule has 3 aliphatic rings. The number of hydrogen-bond donors (Lipinski definition) is 1. The fraction of sp³-hybridized carbons (Fsp3) is 0.318. The van der Waals surface area contributed by atoms with Gasteiger partial charge in [0.25, 0.3) is 5.91 Å². The second-order valence-electron chi connectivity index (χ2n) is 8.03. The Morgan fingerprint density at radius 3 is 2.61 bits per heavy atom. The number of carbonyl (C=O) groups excluding carboxylic acids is 2. The summed E-state index contributed by atoms with van der Waals surface area (Å²) in [6.07, 6.45) is -0.750. The zero-order valence-corrected chi connectivity index (χ0v) is 18.0. The smallest absolute Gasteiger partial charge is 0.310 e. The molecular formula is C22H23ClN6O2. The molecule has 8 nitrogen and oxygen atoms in total. The molecule has 3 aliphatic heterocycles. The molecular weight excluding hydrogens is 416 g/mol. The second-order valence-corrected chi connectivity index (χ2v) is 8.47. The molecule has 2 aromatic carbocycles. The number of nitrogens with zero attached hydrogens (tertiary/aromatic N) is 5. The zero-order valence-electron chi connectivity index (χ0n) is 17.3. The molecule has 3 heterocycles. The zero-order chi connectivity index (χ0) is 21.7. The van der Waals surface area contributed by atoms with Gasteiger partial charge in [-0.25, -0.2) is 9.69 Å². The fourth-order valence-electron chi connectivity index (χ4n) is 4.50. The minimum Gasteiger partial charge on any atom is -0.310 e. The number of rotatable bonds is 3. The maximum absolute atomic E-state index is 13.1. The molecule has 0 bridgehead atoms. The molecule has 5 rings (SSSR count). The Balaban J connectivity index is 1.54. The lowest BCUT2D eigenvalue weighted by Crippen LogP contribution is -2.65. The summed E-state index contributed by atoms with van der Waals surface area (Å²) >= 11 is 6.19. The number of hydrazone groups is 1. The molecule has 3 amide bonds. The summed E-state index contributed by atoms with van der Waals surface area (Å²) in [6, 6.07) is 16.8. The van der Waals surface area contributed by atoms with Crippen LogP contribution in [0.5, 0.6) is 0 Å². The van der Waals surface area contributed by atoms with Crippen LogP contribution in [0.2, 0.25) is 5.02 Å². The third-order valence-corrected chi connectivity index (χ3v) is 6.32. The molecule has 9 heteroatoms. The number of benzene rings is 2. The molecule has 0 radical (unpaired) electrons. The SMILES string of the molecule is CN1C(=O)C2C(NC3N(Cc4cccc(Cl)c4)N=C(c4ccccc4)CN23)N(C)C1=O. The highest BCUT2D eigenvalue weighted by Gasteiger charge is 2.55. The summed E-state index contributed by atoms with van der Waals surface area (Å²) in [5, 5.41) is 11.0. The predicted octanol–water partition coefficient (Wildman–Crippen LogP) is 1.97. The molecule has 160 valence electrons. The standard InChI is InChI=1S/C22H23ClN6O2/c1-26-19-18(20(30)27(2)22(26)31)28-13-17(15-8-4-3-5-9-15)25-29(21(28)24-19)12-14-7-6-10-16(23)11-14/h3-11,18-19,21,24H,12-13H2,1-2H3. The summed E-state index contributed by atoms with van der Waals surface area (Å²) in [7, 11) is 3.25. The van der Waals surface area contributed by atoms with E-state index in [0.29, 0.717) is 18.1 Å². The van der Waals surface area contributed by atoms with Crippen LogP contribution in [0.1, 0.15) is 11.1 Å². The summed E-state index contributed by atoms with van der Waals surface area (Å²) in [4.78, 5) is 30.5. The van der Waals surface area contributed by atoms with Gasteiger partial charge in [-0.05, 0) is 23.3 Å². The Kier molecular flexibility index (Phi) is 4.92. The van der Waals surface area contributed by atoms with E-state index < -0.39 is 12.2 Å². The molecule has 0 aliphatic carbocycles. The molecule has 2 aromatic rings. The molecule has 1 N–H and O–H groups in total. The molecule has 0 spiro atoms. The van der Waals surface area contributed by atoms with E-state index in [4.69, 9.17) is 16.7 Å². The van der Waals surface area contributed by atoms with Crippen molar-refractivity contribution in [2.75, 3.05) is 20.6 Å². The highest BCUT2D eigenvalue weighted by atomic mass is 35.5. The Hall–Kier alpha value is -2.94. The number of nitrogens with one attached hydrogen (secondary N) is 1. The highest BCUT2D eigenvalue weighted by Crippen LogP contribution is 2.31. The van der Waals surface area contributed by atoms with Crippen molar-refractivity contribution in [2.45, 2.75) is 25.0 Å². The van der Waals surface area contributed by atoms with Gasteiger partial charge in [-0.2, -0.15) is 5.10 Å². The van der Waals surface area contributed by atoms with E-state index in [1.54, 1.807) is 11.9 Å².